The number of para-hydroxylation sites is 1. The summed E-state index contributed by atoms with van der Waals surface area (Å²) in [4.78, 5) is 35.1. The van der Waals surface area contributed by atoms with Crippen LogP contribution in [0.15, 0.2) is 59.6 Å². The maximum Gasteiger partial charge on any atom is 0.278 e. The number of sulfonamides is 1. The summed E-state index contributed by atoms with van der Waals surface area (Å²) < 4.78 is 27.4. The predicted octanol–water partition coefficient (Wildman–Crippen LogP) is 1.01. The summed E-state index contributed by atoms with van der Waals surface area (Å²) in [6.07, 6.45) is 1.40. The minimum Gasteiger partial charge on any atom is -0.382 e. The van der Waals surface area contributed by atoms with Crippen LogP contribution in [-0.4, -0.2) is 72.6 Å². The molecule has 1 aromatic heterocycles. The van der Waals surface area contributed by atoms with Crippen LogP contribution >= 0.6 is 0 Å². The lowest BCUT2D eigenvalue weighted by molar-refractivity contribution is 0.100. The number of hydrogen-bond donors (Lipinski definition) is 3. The van der Waals surface area contributed by atoms with Gasteiger partial charge in [-0.2, -0.15) is 4.31 Å². The largest absolute Gasteiger partial charge is 0.382 e. The van der Waals surface area contributed by atoms with Crippen molar-refractivity contribution in [3.63, 3.8) is 0 Å². The van der Waals surface area contributed by atoms with E-state index in [0.29, 0.717) is 37.4 Å². The molecular weight excluding hydrogens is 470 g/mol. The van der Waals surface area contributed by atoms with E-state index >= 15 is 0 Å². The molecule has 3 aromatic rings. The lowest BCUT2D eigenvalue weighted by Gasteiger charge is -2.31. The van der Waals surface area contributed by atoms with Gasteiger partial charge in [-0.1, -0.05) is 24.3 Å². The monoisotopic (exact) mass is 495 g/mol. The summed E-state index contributed by atoms with van der Waals surface area (Å²) in [6.45, 7) is 2.21. The quantitative estimate of drug-likeness (QED) is 0.456. The Morgan fingerprint density at radius 3 is 2.31 bits per heavy atom. The molecule has 35 heavy (non-hydrogen) atoms. The van der Waals surface area contributed by atoms with Gasteiger partial charge in [-0.25, -0.2) is 18.4 Å². The molecule has 0 unspecified atom stereocenters. The number of benzene rings is 2. The number of carbonyl (C=O) groups excluding carboxylic acids is 2. The van der Waals surface area contributed by atoms with E-state index in [1.54, 1.807) is 24.3 Å². The average molecular weight is 496 g/mol. The molecule has 0 atom stereocenters. The first kappa shape index (κ1) is 24.3. The number of hydrogen-bond acceptors (Lipinski definition) is 8. The molecule has 11 nitrogen and oxygen atoms in total. The lowest BCUT2D eigenvalue weighted by Crippen LogP contribution is -2.46. The van der Waals surface area contributed by atoms with E-state index < -0.39 is 21.8 Å². The van der Waals surface area contributed by atoms with Crippen molar-refractivity contribution in [1.82, 2.24) is 19.2 Å². The Morgan fingerprint density at radius 2 is 1.66 bits per heavy atom. The summed E-state index contributed by atoms with van der Waals surface area (Å²) in [6, 6.07) is 12.5. The number of likely N-dealkylation sites (N-methyl/N-ethyl adjacent to an activating group) is 1. The molecule has 5 N–H and O–H groups in total. The smallest absolute Gasteiger partial charge is 0.278 e. The van der Waals surface area contributed by atoms with Crippen molar-refractivity contribution in [3.05, 3.63) is 66.0 Å². The molecule has 0 bridgehead atoms. The van der Waals surface area contributed by atoms with Gasteiger partial charge in [0.05, 0.1) is 28.0 Å². The van der Waals surface area contributed by atoms with E-state index in [-0.39, 0.29) is 27.7 Å². The van der Waals surface area contributed by atoms with Crippen molar-refractivity contribution in [3.8, 4) is 11.3 Å². The van der Waals surface area contributed by atoms with Crippen LogP contribution < -0.4 is 16.8 Å². The molecule has 0 aliphatic carbocycles. The van der Waals surface area contributed by atoms with Crippen molar-refractivity contribution in [2.45, 2.75) is 4.90 Å². The van der Waals surface area contributed by atoms with Gasteiger partial charge in [0.15, 0.2) is 11.5 Å². The van der Waals surface area contributed by atoms with Crippen LogP contribution in [0, 0.1) is 0 Å². The number of amides is 2. The molecule has 182 valence electrons. The third-order valence-electron chi connectivity index (χ3n) is 5.71. The number of carbonyl (C=O) groups is 2. The highest BCUT2D eigenvalue weighted by atomic mass is 32.2. The Kier molecular flexibility index (Phi) is 6.78. The predicted molar refractivity (Wildman–Crippen MR) is 131 cm³/mol. The Hall–Kier alpha value is -3.87. The fourth-order valence-electron chi connectivity index (χ4n) is 3.67. The molecule has 0 radical (unpaired) electrons. The molecule has 1 saturated heterocycles. The van der Waals surface area contributed by atoms with Gasteiger partial charge in [-0.15, -0.1) is 0 Å². The third kappa shape index (κ3) is 5.14. The zero-order valence-electron chi connectivity index (χ0n) is 19.0. The highest BCUT2D eigenvalue weighted by Gasteiger charge is 2.27. The average Bonchev–Trinajstić information content (AvgIpc) is 2.85. The van der Waals surface area contributed by atoms with Gasteiger partial charge in [-0.3, -0.25) is 9.59 Å². The van der Waals surface area contributed by atoms with Crippen LogP contribution in [0.25, 0.3) is 11.3 Å². The second-order valence-corrected chi connectivity index (χ2v) is 10.0. The summed E-state index contributed by atoms with van der Waals surface area (Å²) in [7, 11) is -1.65. The van der Waals surface area contributed by atoms with Crippen molar-refractivity contribution in [1.29, 1.82) is 0 Å². The van der Waals surface area contributed by atoms with Crippen LogP contribution in [0.2, 0.25) is 0 Å². The molecule has 2 heterocycles. The van der Waals surface area contributed by atoms with Crippen molar-refractivity contribution < 1.29 is 18.0 Å². The molecule has 0 spiro atoms. The molecule has 1 aliphatic heterocycles. The van der Waals surface area contributed by atoms with Crippen LogP contribution in [0.5, 0.6) is 0 Å². The summed E-state index contributed by atoms with van der Waals surface area (Å²) in [5.41, 5.74) is 12.3. The molecule has 2 amide bonds. The first-order valence-corrected chi connectivity index (χ1v) is 12.2. The van der Waals surface area contributed by atoms with E-state index in [0.717, 1.165) is 0 Å². The zero-order chi connectivity index (χ0) is 25.2. The lowest BCUT2D eigenvalue weighted by atomic mass is 10.1. The molecule has 1 fully saturated rings. The number of nitrogens with two attached hydrogens (primary N) is 2. The number of piperazine rings is 1. The van der Waals surface area contributed by atoms with E-state index in [1.165, 1.54) is 34.8 Å². The topological polar surface area (TPSA) is 165 Å². The Bertz CT molecular complexity index is 1370. The van der Waals surface area contributed by atoms with Gasteiger partial charge in [0.2, 0.25) is 10.0 Å². The second kappa shape index (κ2) is 9.78. The molecule has 2 aromatic carbocycles. The first-order valence-electron chi connectivity index (χ1n) is 10.8. The minimum atomic E-state index is -3.61. The summed E-state index contributed by atoms with van der Waals surface area (Å²) >= 11 is 0. The molecule has 1 aliphatic rings. The first-order chi connectivity index (χ1) is 16.7. The van der Waals surface area contributed by atoms with Crippen molar-refractivity contribution in [2.75, 3.05) is 44.3 Å². The van der Waals surface area contributed by atoms with Gasteiger partial charge in [0.1, 0.15) is 0 Å². The zero-order valence-corrected chi connectivity index (χ0v) is 19.8. The maximum atomic E-state index is 13.0. The van der Waals surface area contributed by atoms with E-state index in [1.807, 2.05) is 7.05 Å². The highest BCUT2D eigenvalue weighted by Crippen LogP contribution is 2.24. The third-order valence-corrected chi connectivity index (χ3v) is 7.62. The van der Waals surface area contributed by atoms with Crippen LogP contribution in [0.3, 0.4) is 0 Å². The number of nitrogens with zero attached hydrogens (tertiary/aromatic N) is 4. The number of rotatable bonds is 6. The fraction of sp³-hybridized carbons (Fsp3) is 0.217. The Balaban J connectivity index is 1.57. The van der Waals surface area contributed by atoms with E-state index in [2.05, 4.69) is 20.2 Å². The highest BCUT2D eigenvalue weighted by molar-refractivity contribution is 7.89. The van der Waals surface area contributed by atoms with Crippen LogP contribution in [-0.2, 0) is 10.0 Å². The molecule has 12 heteroatoms. The van der Waals surface area contributed by atoms with E-state index in [9.17, 15) is 18.0 Å². The number of anilines is 2. The Labute approximate surface area is 202 Å². The fourth-order valence-corrected chi connectivity index (χ4v) is 5.09. The van der Waals surface area contributed by atoms with Crippen LogP contribution in [0.1, 0.15) is 20.8 Å². The minimum absolute atomic E-state index is 0.0999. The van der Waals surface area contributed by atoms with Gasteiger partial charge in [-0.05, 0) is 31.3 Å². The van der Waals surface area contributed by atoms with Crippen LogP contribution in [0.4, 0.5) is 11.5 Å². The van der Waals surface area contributed by atoms with Crippen molar-refractivity contribution >= 4 is 33.3 Å². The van der Waals surface area contributed by atoms with Gasteiger partial charge >= 0.3 is 0 Å². The van der Waals surface area contributed by atoms with Crippen molar-refractivity contribution in [2.24, 2.45) is 5.73 Å². The summed E-state index contributed by atoms with van der Waals surface area (Å²) in [5.74, 6) is -1.46. The SMILES string of the molecule is CN1CCN(S(=O)(=O)c2ccc(-c3cnc(N)c(C(=O)Nc4ccccc4C(N)=O)n3)cc2)CC1. The number of aromatic nitrogens is 2. The Morgan fingerprint density at radius 1 is 1.00 bits per heavy atom. The maximum absolute atomic E-state index is 13.0. The van der Waals surface area contributed by atoms with Gasteiger partial charge in [0, 0.05) is 31.7 Å². The molecule has 0 saturated carbocycles. The number of primary amides is 1. The van der Waals surface area contributed by atoms with Gasteiger partial charge < -0.3 is 21.7 Å². The van der Waals surface area contributed by atoms with Gasteiger partial charge in [0.25, 0.3) is 11.8 Å². The molecular formula is C23H25N7O4S. The molecule has 4 rings (SSSR count). The second-order valence-electron chi connectivity index (χ2n) is 8.08. The van der Waals surface area contributed by atoms with E-state index in [4.69, 9.17) is 11.5 Å². The number of nitrogens with one attached hydrogen (secondary N) is 1. The standard InChI is InChI=1S/C23H25N7O4S/c1-29-10-12-30(13-11-29)35(33,34)16-8-6-15(7-9-16)19-14-26-21(24)20(27-19)23(32)28-18-5-3-2-4-17(18)22(25)31/h2-9,14H,10-13H2,1H3,(H2,24,26)(H2,25,31)(H,28,32). The normalized spacial score (nSPS) is 15.0. The number of nitrogen functional groups attached to an aromatic ring is 1. The summed E-state index contributed by atoms with van der Waals surface area (Å²) in [5, 5.41) is 2.59.